The molecule has 0 spiro atoms. The molecule has 2 heterocycles. The smallest absolute Gasteiger partial charge is 0.347 e. The summed E-state index contributed by atoms with van der Waals surface area (Å²) in [7, 11) is 3.58. The predicted octanol–water partition coefficient (Wildman–Crippen LogP) is 4.45. The molecule has 1 aliphatic heterocycles. The van der Waals surface area contributed by atoms with E-state index in [1.165, 1.54) is 0 Å². The fourth-order valence-corrected chi connectivity index (χ4v) is 4.00. The molecule has 136 valence electrons. The maximum absolute atomic E-state index is 12.4. The number of allylic oxidation sites excluding steroid dienone is 2. The summed E-state index contributed by atoms with van der Waals surface area (Å²) in [4.78, 5) is 24.5. The van der Waals surface area contributed by atoms with E-state index >= 15 is 0 Å². The number of carbonyl (C=O) groups is 2. The molecule has 0 bridgehead atoms. The van der Waals surface area contributed by atoms with Crippen LogP contribution in [0.4, 0.5) is 0 Å². The van der Waals surface area contributed by atoms with Crippen molar-refractivity contribution in [1.29, 1.82) is 0 Å². The Morgan fingerprint density at radius 1 is 1.12 bits per heavy atom. The van der Waals surface area contributed by atoms with Gasteiger partial charge in [0.1, 0.15) is 5.75 Å². The number of methoxy groups -OCH3 is 1. The third-order valence-corrected chi connectivity index (χ3v) is 5.48. The molecule has 1 aromatic heterocycles. The Kier molecular flexibility index (Phi) is 4.56. The van der Waals surface area contributed by atoms with Crippen molar-refractivity contribution in [3.8, 4) is 5.75 Å². The quantitative estimate of drug-likeness (QED) is 0.411. The molecule has 6 heteroatoms. The van der Waals surface area contributed by atoms with Crippen molar-refractivity contribution in [3.63, 3.8) is 0 Å². The lowest BCUT2D eigenvalue weighted by Gasteiger charge is -2.08. The summed E-state index contributed by atoms with van der Waals surface area (Å²) in [6.07, 6.45) is 0. The largest absolute Gasteiger partial charge is 0.496 e. The van der Waals surface area contributed by atoms with Gasteiger partial charge in [0.2, 0.25) is 0 Å². The van der Waals surface area contributed by atoms with Gasteiger partial charge in [-0.25, -0.2) is 9.59 Å². The van der Waals surface area contributed by atoms with Crippen LogP contribution in [0.25, 0.3) is 16.5 Å². The van der Waals surface area contributed by atoms with E-state index in [9.17, 15) is 9.59 Å². The highest BCUT2D eigenvalue weighted by Crippen LogP contribution is 2.40. The second-order valence-electron chi connectivity index (χ2n) is 6.58. The number of carbonyl (C=O) groups excluding carboxylic acids is 2. The molecule has 2 aromatic rings. The molecule has 0 atom stereocenters. The van der Waals surface area contributed by atoms with Crippen LogP contribution in [0, 0.1) is 6.92 Å². The first-order valence-corrected chi connectivity index (χ1v) is 8.96. The maximum Gasteiger partial charge on any atom is 0.347 e. The number of esters is 2. The predicted molar refractivity (Wildman–Crippen MR) is 104 cm³/mol. The van der Waals surface area contributed by atoms with Crippen LogP contribution < -0.4 is 4.74 Å². The molecule has 3 rings (SSSR count). The van der Waals surface area contributed by atoms with Crippen molar-refractivity contribution in [2.45, 2.75) is 27.7 Å². The molecule has 5 nitrogen and oxygen atoms in total. The first-order chi connectivity index (χ1) is 12.2. The summed E-state index contributed by atoms with van der Waals surface area (Å²) in [6, 6.07) is 3.93. The molecule has 0 N–H and O–H groups in total. The Balaban J connectivity index is 2.42. The summed E-state index contributed by atoms with van der Waals surface area (Å²) >= 11 is 3.52. The van der Waals surface area contributed by atoms with Crippen LogP contribution in [-0.4, -0.2) is 23.6 Å². The number of rotatable bonds is 2. The summed E-state index contributed by atoms with van der Waals surface area (Å²) in [5, 5.41) is 0.954. The summed E-state index contributed by atoms with van der Waals surface area (Å²) in [6.45, 7) is 7.45. The molecule has 0 radical (unpaired) electrons. The Labute approximate surface area is 160 Å². The first-order valence-electron chi connectivity index (χ1n) is 8.17. The van der Waals surface area contributed by atoms with Gasteiger partial charge in [-0.3, -0.25) is 0 Å². The topological polar surface area (TPSA) is 57.5 Å². The van der Waals surface area contributed by atoms with Crippen molar-refractivity contribution in [1.82, 2.24) is 4.57 Å². The molecule has 1 aromatic carbocycles. The van der Waals surface area contributed by atoms with Crippen molar-refractivity contribution >= 4 is 44.3 Å². The maximum atomic E-state index is 12.4. The van der Waals surface area contributed by atoms with E-state index in [-0.39, 0.29) is 0 Å². The Morgan fingerprint density at radius 2 is 1.73 bits per heavy atom. The Hall–Kier alpha value is -2.34. The standard InChI is InChI=1S/C20H20BrNO4/c1-9(2)16-18(20(24)26-19(16)23)10(3)17-11(4)22(5)14-8-13(21)15(25-6)7-12(14)17/h7-8H,1-6H3/b18-10+. The van der Waals surface area contributed by atoms with E-state index in [1.54, 1.807) is 21.0 Å². The molecule has 0 saturated carbocycles. The van der Waals surface area contributed by atoms with Gasteiger partial charge < -0.3 is 14.0 Å². The number of nitrogens with zero attached hydrogens (tertiary/aromatic N) is 1. The van der Waals surface area contributed by atoms with Gasteiger partial charge in [0.15, 0.2) is 0 Å². The van der Waals surface area contributed by atoms with Crippen LogP contribution in [0.5, 0.6) is 5.75 Å². The van der Waals surface area contributed by atoms with Gasteiger partial charge in [-0.15, -0.1) is 0 Å². The number of hydrogen-bond donors (Lipinski definition) is 0. The normalized spacial score (nSPS) is 16.3. The Bertz CT molecular complexity index is 1040. The summed E-state index contributed by atoms with van der Waals surface area (Å²) < 4.78 is 13.2. The third kappa shape index (κ3) is 2.60. The number of ether oxygens (including phenoxy) is 2. The van der Waals surface area contributed by atoms with Crippen LogP contribution in [0.15, 0.2) is 33.3 Å². The van der Waals surface area contributed by atoms with Crippen LogP contribution in [-0.2, 0) is 21.4 Å². The van der Waals surface area contributed by atoms with E-state index in [0.717, 1.165) is 37.8 Å². The minimum Gasteiger partial charge on any atom is -0.496 e. The van der Waals surface area contributed by atoms with Crippen molar-refractivity contribution in [2.75, 3.05) is 7.11 Å². The lowest BCUT2D eigenvalue weighted by atomic mass is 9.93. The number of cyclic esters (lactones) is 2. The number of fused-ring (bicyclic) bond motifs is 1. The molecule has 1 aliphatic rings. The van der Waals surface area contributed by atoms with Gasteiger partial charge in [0.25, 0.3) is 0 Å². The molecule has 0 unspecified atom stereocenters. The third-order valence-electron chi connectivity index (χ3n) is 4.86. The van der Waals surface area contributed by atoms with E-state index in [2.05, 4.69) is 20.5 Å². The van der Waals surface area contributed by atoms with Crippen LogP contribution in [0.3, 0.4) is 0 Å². The lowest BCUT2D eigenvalue weighted by molar-refractivity contribution is -0.149. The summed E-state index contributed by atoms with van der Waals surface area (Å²) in [5.74, 6) is -0.471. The number of aryl methyl sites for hydroxylation is 1. The monoisotopic (exact) mass is 417 g/mol. The van der Waals surface area contributed by atoms with Gasteiger partial charge >= 0.3 is 11.9 Å². The van der Waals surface area contributed by atoms with E-state index < -0.39 is 11.9 Å². The minimum atomic E-state index is -0.593. The van der Waals surface area contributed by atoms with Crippen molar-refractivity contribution in [2.24, 2.45) is 7.05 Å². The number of hydrogen-bond acceptors (Lipinski definition) is 4. The second-order valence-corrected chi connectivity index (χ2v) is 7.43. The zero-order chi connectivity index (χ0) is 19.3. The number of aromatic nitrogens is 1. The fourth-order valence-electron chi connectivity index (χ4n) is 3.50. The molecule has 26 heavy (non-hydrogen) atoms. The lowest BCUT2D eigenvalue weighted by Crippen LogP contribution is -2.01. The van der Waals surface area contributed by atoms with Gasteiger partial charge in [-0.05, 0) is 61.3 Å². The molecular weight excluding hydrogens is 398 g/mol. The van der Waals surface area contributed by atoms with Gasteiger partial charge in [0, 0.05) is 29.2 Å². The van der Waals surface area contributed by atoms with Crippen molar-refractivity contribution < 1.29 is 19.1 Å². The second kappa shape index (κ2) is 6.43. The zero-order valence-electron chi connectivity index (χ0n) is 15.6. The van der Waals surface area contributed by atoms with E-state index in [0.29, 0.717) is 16.9 Å². The minimum absolute atomic E-state index is 0.340. The van der Waals surface area contributed by atoms with Crippen LogP contribution in [0.2, 0.25) is 0 Å². The van der Waals surface area contributed by atoms with Crippen molar-refractivity contribution in [3.05, 3.63) is 44.6 Å². The molecule has 1 saturated heterocycles. The SMILES string of the molecule is COc1cc2c(/C(C)=C3/C(=O)OC(=O)C3=C(C)C)c(C)n(C)c2cc1Br. The highest BCUT2D eigenvalue weighted by Gasteiger charge is 2.37. The van der Waals surface area contributed by atoms with Crippen LogP contribution in [0.1, 0.15) is 32.0 Å². The Morgan fingerprint density at radius 3 is 2.31 bits per heavy atom. The first kappa shape index (κ1) is 18.5. The summed E-state index contributed by atoms with van der Waals surface area (Å²) in [5.41, 5.74) is 5.08. The highest BCUT2D eigenvalue weighted by molar-refractivity contribution is 9.10. The average molecular weight is 418 g/mol. The van der Waals surface area contributed by atoms with Gasteiger partial charge in [-0.2, -0.15) is 0 Å². The van der Waals surface area contributed by atoms with E-state index in [1.807, 2.05) is 33.0 Å². The van der Waals surface area contributed by atoms with Gasteiger partial charge in [-0.1, -0.05) is 5.57 Å². The van der Waals surface area contributed by atoms with Gasteiger partial charge in [0.05, 0.1) is 22.7 Å². The fraction of sp³-hybridized carbons (Fsp3) is 0.300. The average Bonchev–Trinajstić information content (AvgIpc) is 3.00. The number of benzene rings is 1. The zero-order valence-corrected chi connectivity index (χ0v) is 17.2. The molecule has 0 aliphatic carbocycles. The van der Waals surface area contributed by atoms with E-state index in [4.69, 9.17) is 9.47 Å². The molecule has 0 amide bonds. The highest BCUT2D eigenvalue weighted by atomic mass is 79.9. The number of halogens is 1. The molecular formula is C20H20BrNO4. The van der Waals surface area contributed by atoms with Crippen LogP contribution >= 0.6 is 15.9 Å². The molecule has 1 fully saturated rings.